The molecule has 1 amide bonds. The molecule has 0 saturated carbocycles. The molecule has 26 heavy (non-hydrogen) atoms. The number of piperidine rings is 1. The number of hydrogen-bond acceptors (Lipinski definition) is 4. The Hall–Kier alpha value is -2.96. The first-order valence-electron chi connectivity index (χ1n) is 8.91. The van der Waals surface area contributed by atoms with Gasteiger partial charge in [0.15, 0.2) is 0 Å². The van der Waals surface area contributed by atoms with Crippen LogP contribution in [0.1, 0.15) is 40.6 Å². The number of rotatable bonds is 4. The zero-order valence-corrected chi connectivity index (χ0v) is 14.8. The van der Waals surface area contributed by atoms with Crippen LogP contribution in [0.2, 0.25) is 0 Å². The van der Waals surface area contributed by atoms with Gasteiger partial charge in [-0.15, -0.1) is 10.2 Å². The van der Waals surface area contributed by atoms with Gasteiger partial charge in [-0.3, -0.25) is 9.48 Å². The van der Waals surface area contributed by atoms with Gasteiger partial charge in [-0.25, -0.2) is 0 Å². The number of hydrogen-bond donors (Lipinski definition) is 0. The molecule has 0 radical (unpaired) electrons. The monoisotopic (exact) mass is 350 g/mol. The van der Waals surface area contributed by atoms with Crippen LogP contribution in [0.15, 0.2) is 48.9 Å². The number of aryl methyl sites for hydroxylation is 1. The fraction of sp³-hybridized carbons (Fsp3) is 0.368. The standard InChI is InChI=1S/C19H22N6O/c1-23-17(7-10-21-23)19(26)24-11-8-16(9-12-24)18-22-20-14-25(18)13-15-5-3-2-4-6-15/h2-7,10,14,16H,8-9,11-13H2,1H3. The molecule has 1 aromatic carbocycles. The maximum Gasteiger partial charge on any atom is 0.272 e. The van der Waals surface area contributed by atoms with Crippen LogP contribution in [0.5, 0.6) is 0 Å². The van der Waals surface area contributed by atoms with Gasteiger partial charge in [0.25, 0.3) is 5.91 Å². The molecule has 7 heteroatoms. The summed E-state index contributed by atoms with van der Waals surface area (Å²) in [6.45, 7) is 2.23. The number of aromatic nitrogens is 5. The second-order valence-corrected chi connectivity index (χ2v) is 6.71. The highest BCUT2D eigenvalue weighted by Gasteiger charge is 2.28. The highest BCUT2D eigenvalue weighted by Crippen LogP contribution is 2.27. The molecule has 2 aromatic heterocycles. The van der Waals surface area contributed by atoms with E-state index >= 15 is 0 Å². The fourth-order valence-corrected chi connectivity index (χ4v) is 3.57. The molecule has 0 spiro atoms. The zero-order valence-electron chi connectivity index (χ0n) is 14.8. The third kappa shape index (κ3) is 3.24. The van der Waals surface area contributed by atoms with Gasteiger partial charge in [-0.05, 0) is 24.5 Å². The Kier molecular flexibility index (Phi) is 4.51. The molecule has 7 nitrogen and oxygen atoms in total. The molecule has 4 rings (SSSR count). The number of amides is 1. The van der Waals surface area contributed by atoms with Gasteiger partial charge in [0.2, 0.25) is 0 Å². The maximum atomic E-state index is 12.6. The Balaban J connectivity index is 1.42. The van der Waals surface area contributed by atoms with Crippen molar-refractivity contribution in [3.05, 3.63) is 66.0 Å². The van der Waals surface area contributed by atoms with Crippen LogP contribution in [-0.2, 0) is 13.6 Å². The van der Waals surface area contributed by atoms with Crippen molar-refractivity contribution >= 4 is 5.91 Å². The molecular weight excluding hydrogens is 328 g/mol. The van der Waals surface area contributed by atoms with Crippen molar-refractivity contribution in [1.82, 2.24) is 29.4 Å². The summed E-state index contributed by atoms with van der Waals surface area (Å²) < 4.78 is 3.75. The molecule has 3 aromatic rings. The Labute approximate surface area is 152 Å². The van der Waals surface area contributed by atoms with Crippen LogP contribution in [0, 0.1) is 0 Å². The maximum absolute atomic E-state index is 12.6. The van der Waals surface area contributed by atoms with Crippen molar-refractivity contribution < 1.29 is 4.79 Å². The summed E-state index contributed by atoms with van der Waals surface area (Å²) in [5.41, 5.74) is 1.87. The Morgan fingerprint density at radius 2 is 1.92 bits per heavy atom. The summed E-state index contributed by atoms with van der Waals surface area (Å²) >= 11 is 0. The molecule has 0 bridgehead atoms. The molecule has 0 unspecified atom stereocenters. The summed E-state index contributed by atoms with van der Waals surface area (Å²) in [5.74, 6) is 1.40. The lowest BCUT2D eigenvalue weighted by atomic mass is 9.95. The van der Waals surface area contributed by atoms with E-state index in [0.717, 1.165) is 38.3 Å². The third-order valence-corrected chi connectivity index (χ3v) is 5.03. The third-order valence-electron chi connectivity index (χ3n) is 5.03. The molecule has 0 N–H and O–H groups in total. The molecule has 1 aliphatic rings. The zero-order chi connectivity index (χ0) is 17.9. The van der Waals surface area contributed by atoms with E-state index in [1.165, 1.54) is 5.56 Å². The largest absolute Gasteiger partial charge is 0.337 e. The van der Waals surface area contributed by atoms with Crippen LogP contribution in [-0.4, -0.2) is 48.4 Å². The molecular formula is C19H22N6O. The molecule has 3 heterocycles. The van der Waals surface area contributed by atoms with Crippen LogP contribution in [0.3, 0.4) is 0 Å². The number of likely N-dealkylation sites (tertiary alicyclic amines) is 1. The predicted octanol–water partition coefficient (Wildman–Crippen LogP) is 2.08. The molecule has 1 aliphatic heterocycles. The summed E-state index contributed by atoms with van der Waals surface area (Å²) in [6, 6.07) is 12.1. The first kappa shape index (κ1) is 16.5. The van der Waals surface area contributed by atoms with Gasteiger partial charge in [0.05, 0.1) is 6.54 Å². The van der Waals surface area contributed by atoms with Crippen molar-refractivity contribution in [3.8, 4) is 0 Å². The summed E-state index contributed by atoms with van der Waals surface area (Å²) in [5, 5.41) is 12.6. The summed E-state index contributed by atoms with van der Waals surface area (Å²) in [6.07, 6.45) is 5.26. The molecule has 1 saturated heterocycles. The quantitative estimate of drug-likeness (QED) is 0.722. The minimum atomic E-state index is 0.0502. The lowest BCUT2D eigenvalue weighted by molar-refractivity contribution is 0.0699. The van der Waals surface area contributed by atoms with Crippen LogP contribution in [0.4, 0.5) is 0 Å². The highest BCUT2D eigenvalue weighted by molar-refractivity contribution is 5.92. The lowest BCUT2D eigenvalue weighted by Gasteiger charge is -2.31. The van der Waals surface area contributed by atoms with Crippen LogP contribution < -0.4 is 0 Å². The normalized spacial score (nSPS) is 15.3. The van der Waals surface area contributed by atoms with Gasteiger partial charge >= 0.3 is 0 Å². The lowest BCUT2D eigenvalue weighted by Crippen LogP contribution is -2.39. The van der Waals surface area contributed by atoms with E-state index in [1.807, 2.05) is 23.1 Å². The minimum absolute atomic E-state index is 0.0502. The van der Waals surface area contributed by atoms with Crippen molar-refractivity contribution in [2.24, 2.45) is 7.05 Å². The Bertz CT molecular complexity index is 876. The average molecular weight is 350 g/mol. The minimum Gasteiger partial charge on any atom is -0.337 e. The van der Waals surface area contributed by atoms with Crippen molar-refractivity contribution in [3.63, 3.8) is 0 Å². The molecule has 134 valence electrons. The number of carbonyl (C=O) groups excluding carboxylic acids is 1. The van der Waals surface area contributed by atoms with E-state index in [1.54, 1.807) is 30.3 Å². The van der Waals surface area contributed by atoms with Crippen molar-refractivity contribution in [2.75, 3.05) is 13.1 Å². The second-order valence-electron chi connectivity index (χ2n) is 6.71. The Morgan fingerprint density at radius 3 is 2.62 bits per heavy atom. The van der Waals surface area contributed by atoms with E-state index < -0.39 is 0 Å². The fourth-order valence-electron chi connectivity index (χ4n) is 3.57. The van der Waals surface area contributed by atoms with E-state index in [4.69, 9.17) is 0 Å². The topological polar surface area (TPSA) is 68.8 Å². The first-order valence-corrected chi connectivity index (χ1v) is 8.91. The smallest absolute Gasteiger partial charge is 0.272 e. The van der Waals surface area contributed by atoms with E-state index in [2.05, 4.69) is 32.0 Å². The predicted molar refractivity (Wildman–Crippen MR) is 96.7 cm³/mol. The molecule has 0 aliphatic carbocycles. The van der Waals surface area contributed by atoms with Gasteiger partial charge in [0, 0.05) is 32.3 Å². The van der Waals surface area contributed by atoms with E-state index in [9.17, 15) is 4.79 Å². The average Bonchev–Trinajstić information content (AvgIpc) is 3.31. The summed E-state index contributed by atoms with van der Waals surface area (Å²) in [4.78, 5) is 14.5. The van der Waals surface area contributed by atoms with Gasteiger partial charge in [-0.2, -0.15) is 5.10 Å². The van der Waals surface area contributed by atoms with Crippen LogP contribution >= 0.6 is 0 Å². The Morgan fingerprint density at radius 1 is 1.15 bits per heavy atom. The molecule has 0 atom stereocenters. The number of benzene rings is 1. The van der Waals surface area contributed by atoms with Gasteiger partial charge in [0.1, 0.15) is 17.8 Å². The summed E-state index contributed by atoms with van der Waals surface area (Å²) in [7, 11) is 1.80. The SMILES string of the molecule is Cn1nccc1C(=O)N1CCC(c2nncn2Cc2ccccc2)CC1. The van der Waals surface area contributed by atoms with E-state index in [-0.39, 0.29) is 5.91 Å². The highest BCUT2D eigenvalue weighted by atomic mass is 16.2. The second kappa shape index (κ2) is 7.11. The van der Waals surface area contributed by atoms with Gasteiger partial charge in [-0.1, -0.05) is 30.3 Å². The van der Waals surface area contributed by atoms with Gasteiger partial charge < -0.3 is 9.47 Å². The van der Waals surface area contributed by atoms with Crippen molar-refractivity contribution in [1.29, 1.82) is 0 Å². The first-order chi connectivity index (χ1) is 12.7. The molecule has 1 fully saturated rings. The van der Waals surface area contributed by atoms with Crippen LogP contribution in [0.25, 0.3) is 0 Å². The van der Waals surface area contributed by atoms with Crippen molar-refractivity contribution in [2.45, 2.75) is 25.3 Å². The number of carbonyl (C=O) groups is 1. The van der Waals surface area contributed by atoms with E-state index in [0.29, 0.717) is 11.6 Å². The number of nitrogens with zero attached hydrogens (tertiary/aromatic N) is 6.